The van der Waals surface area contributed by atoms with Crippen LogP contribution in [0.4, 0.5) is 4.39 Å². The number of amides is 2. The Morgan fingerprint density at radius 2 is 1.93 bits per heavy atom. The first kappa shape index (κ1) is 29.2. The van der Waals surface area contributed by atoms with E-state index < -0.39 is 28.6 Å². The summed E-state index contributed by atoms with van der Waals surface area (Å²) < 4.78 is 25.1. The number of aliphatic hydroxyl groups is 1. The lowest BCUT2D eigenvalue weighted by Crippen LogP contribution is -2.42. The minimum atomic E-state index is -1.65. The van der Waals surface area contributed by atoms with Crippen LogP contribution in [0.5, 0.6) is 11.5 Å². The van der Waals surface area contributed by atoms with Crippen molar-refractivity contribution in [2.75, 3.05) is 20.3 Å². The van der Waals surface area contributed by atoms with Gasteiger partial charge in [0.25, 0.3) is 5.91 Å². The van der Waals surface area contributed by atoms with Crippen molar-refractivity contribution in [3.8, 4) is 22.8 Å². The summed E-state index contributed by atoms with van der Waals surface area (Å²) >= 11 is 6.27. The topological polar surface area (TPSA) is 137 Å². The molecule has 0 fully saturated rings. The van der Waals surface area contributed by atoms with E-state index in [0.29, 0.717) is 49.9 Å². The van der Waals surface area contributed by atoms with Crippen LogP contribution in [0.25, 0.3) is 22.2 Å². The van der Waals surface area contributed by atoms with Crippen molar-refractivity contribution in [1.82, 2.24) is 15.3 Å². The Kier molecular flexibility index (Phi) is 7.55. The molecule has 5 rings (SSSR count). The van der Waals surface area contributed by atoms with Gasteiger partial charge in [-0.2, -0.15) is 0 Å². The number of carbonyl (C=O) groups excluding carboxylic acids is 2. The van der Waals surface area contributed by atoms with E-state index >= 15 is 0 Å². The summed E-state index contributed by atoms with van der Waals surface area (Å²) in [6.45, 7) is 4.96. The molecule has 0 unspecified atom stereocenters. The van der Waals surface area contributed by atoms with E-state index in [4.69, 9.17) is 31.8 Å². The molecule has 0 bridgehead atoms. The van der Waals surface area contributed by atoms with Crippen LogP contribution in [-0.2, 0) is 15.8 Å². The largest absolute Gasteiger partial charge is 0.494 e. The Balaban J connectivity index is 1.52. The zero-order chi connectivity index (χ0) is 30.4. The van der Waals surface area contributed by atoms with Crippen molar-refractivity contribution in [3.05, 3.63) is 81.9 Å². The van der Waals surface area contributed by atoms with Gasteiger partial charge in [0.05, 0.1) is 30.1 Å². The van der Waals surface area contributed by atoms with Crippen LogP contribution >= 0.6 is 11.6 Å². The van der Waals surface area contributed by atoms with E-state index in [1.54, 1.807) is 45.0 Å². The Morgan fingerprint density at radius 3 is 2.57 bits per heavy atom. The van der Waals surface area contributed by atoms with Crippen LogP contribution in [0.15, 0.2) is 48.5 Å². The number of hydrogen-bond acceptors (Lipinski definition) is 7. The second-order valence-electron chi connectivity index (χ2n) is 10.6. The number of hydrogen-bond donors (Lipinski definition) is 3. The summed E-state index contributed by atoms with van der Waals surface area (Å²) in [5.41, 5.74) is 5.90. The number of carbonyl (C=O) groups is 2. The number of nitrogens with one attached hydrogen (secondary N) is 1. The number of rotatable bonds is 8. The van der Waals surface area contributed by atoms with Gasteiger partial charge in [0, 0.05) is 22.1 Å². The first-order valence-corrected chi connectivity index (χ1v) is 13.7. The summed E-state index contributed by atoms with van der Waals surface area (Å²) in [5.74, 6) is -0.769. The molecule has 11 heteroatoms. The fourth-order valence-electron chi connectivity index (χ4n) is 4.96. The lowest BCUT2D eigenvalue weighted by atomic mass is 9.81. The van der Waals surface area contributed by atoms with Crippen molar-refractivity contribution < 1.29 is 28.6 Å². The fourth-order valence-corrected chi connectivity index (χ4v) is 5.12. The van der Waals surface area contributed by atoms with Crippen LogP contribution in [0.3, 0.4) is 0 Å². The van der Waals surface area contributed by atoms with Gasteiger partial charge in [-0.3, -0.25) is 9.59 Å². The normalized spacial score (nSPS) is 17.3. The Morgan fingerprint density at radius 1 is 1.21 bits per heavy atom. The van der Waals surface area contributed by atoms with Gasteiger partial charge in [0.1, 0.15) is 46.1 Å². The summed E-state index contributed by atoms with van der Waals surface area (Å²) in [6.07, 6.45) is 0.163. The van der Waals surface area contributed by atoms with E-state index in [1.165, 1.54) is 31.4 Å². The van der Waals surface area contributed by atoms with Gasteiger partial charge in [-0.1, -0.05) is 18.5 Å². The number of nitrogens with two attached hydrogens (primary N) is 1. The monoisotopic (exact) mass is 592 g/mol. The molecule has 1 aliphatic heterocycles. The molecular weight excluding hydrogens is 563 g/mol. The average molecular weight is 593 g/mol. The van der Waals surface area contributed by atoms with Gasteiger partial charge in [-0.25, -0.2) is 14.4 Å². The molecule has 42 heavy (non-hydrogen) atoms. The lowest BCUT2D eigenvalue weighted by Gasteiger charge is -2.29. The van der Waals surface area contributed by atoms with Gasteiger partial charge in [0.2, 0.25) is 5.91 Å². The molecule has 4 aromatic rings. The van der Waals surface area contributed by atoms with Crippen LogP contribution < -0.4 is 20.5 Å². The van der Waals surface area contributed by atoms with Crippen molar-refractivity contribution in [2.45, 2.75) is 38.2 Å². The number of methoxy groups -OCH3 is 1. The van der Waals surface area contributed by atoms with E-state index in [-0.39, 0.29) is 30.8 Å². The zero-order valence-corrected chi connectivity index (χ0v) is 24.3. The van der Waals surface area contributed by atoms with E-state index in [0.717, 1.165) is 0 Å². The van der Waals surface area contributed by atoms with E-state index in [9.17, 15) is 19.1 Å². The first-order valence-electron chi connectivity index (χ1n) is 13.3. The van der Waals surface area contributed by atoms with E-state index in [1.807, 2.05) is 0 Å². The number of fused-ring (bicyclic) bond motifs is 2. The van der Waals surface area contributed by atoms with Crippen molar-refractivity contribution in [3.63, 3.8) is 0 Å². The van der Waals surface area contributed by atoms with Gasteiger partial charge >= 0.3 is 0 Å². The van der Waals surface area contributed by atoms with E-state index in [2.05, 4.69) is 10.3 Å². The van der Waals surface area contributed by atoms with Crippen molar-refractivity contribution >= 4 is 34.3 Å². The molecule has 3 heterocycles. The Labute approximate surface area is 246 Å². The molecule has 2 aromatic carbocycles. The minimum absolute atomic E-state index is 0.0134. The summed E-state index contributed by atoms with van der Waals surface area (Å²) in [7, 11) is 1.49. The molecule has 9 nitrogen and oxygen atoms in total. The fraction of sp³-hybridized carbons (Fsp3) is 0.290. The molecule has 1 aliphatic rings. The highest BCUT2D eigenvalue weighted by atomic mass is 35.5. The summed E-state index contributed by atoms with van der Waals surface area (Å²) in [4.78, 5) is 35.0. The second kappa shape index (κ2) is 10.8. The number of ether oxygens (including phenoxy) is 2. The van der Waals surface area contributed by atoms with Crippen LogP contribution in [0.2, 0.25) is 5.02 Å². The number of aryl methyl sites for hydroxylation is 1. The molecule has 4 N–H and O–H groups in total. The van der Waals surface area contributed by atoms with Gasteiger partial charge in [0.15, 0.2) is 0 Å². The van der Waals surface area contributed by atoms with Crippen molar-refractivity contribution in [2.24, 2.45) is 5.73 Å². The minimum Gasteiger partial charge on any atom is -0.494 e. The maximum atomic E-state index is 13.7. The highest BCUT2D eigenvalue weighted by Crippen LogP contribution is 2.45. The average Bonchev–Trinajstić information content (AvgIpc) is 3.33. The molecule has 218 valence electrons. The SMILES string of the molecule is CC[C@](O)(CNC(=O)c1cc(OC)c2nc(C)c(Cl)cc2c1)c1cc2c(c(-c3ccc(F)cc3)n1)OC[C@]2(C)C(N)=O. The number of benzene rings is 2. The van der Waals surface area contributed by atoms with Gasteiger partial charge < -0.3 is 25.6 Å². The third-order valence-corrected chi connectivity index (χ3v) is 8.21. The highest BCUT2D eigenvalue weighted by Gasteiger charge is 2.45. The number of pyridine rings is 2. The van der Waals surface area contributed by atoms with Crippen LogP contribution in [0.1, 0.15) is 47.6 Å². The number of nitrogens with zero attached hydrogens (tertiary/aromatic N) is 2. The van der Waals surface area contributed by atoms with Crippen molar-refractivity contribution in [1.29, 1.82) is 0 Å². The summed E-state index contributed by atoms with van der Waals surface area (Å²) in [5, 5.41) is 15.7. The highest BCUT2D eigenvalue weighted by molar-refractivity contribution is 6.31. The third-order valence-electron chi connectivity index (χ3n) is 7.83. The molecule has 2 amide bonds. The summed E-state index contributed by atoms with van der Waals surface area (Å²) in [6, 6.07) is 12.2. The number of primary amides is 1. The molecule has 0 spiro atoms. The maximum Gasteiger partial charge on any atom is 0.251 e. The molecule has 2 aromatic heterocycles. The predicted octanol–water partition coefficient (Wildman–Crippen LogP) is 4.57. The standard InChI is InChI=1S/C31H30ClFN4O5/c1-5-31(40,14-35-28(38)19-10-18-11-22(32)16(2)36-25(18)23(12-19)41-4)24-13-21-27(42-15-30(21,3)29(34)39)26(37-24)17-6-8-20(33)9-7-17/h6-13,40H,5,14-15H2,1-4H3,(H2,34,39)(H,35,38)/t30-,31-/m0/s1. The Hall–Kier alpha value is -4.28. The lowest BCUT2D eigenvalue weighted by molar-refractivity contribution is -0.123. The molecule has 0 radical (unpaired) electrons. The second-order valence-corrected chi connectivity index (χ2v) is 11.0. The quantitative estimate of drug-likeness (QED) is 0.273. The zero-order valence-electron chi connectivity index (χ0n) is 23.5. The number of halogens is 2. The first-order chi connectivity index (χ1) is 19.9. The Bertz CT molecular complexity index is 1730. The molecule has 2 atom stereocenters. The molecular formula is C31H30ClFN4O5. The molecule has 0 saturated carbocycles. The smallest absolute Gasteiger partial charge is 0.251 e. The van der Waals surface area contributed by atoms with Gasteiger partial charge in [-0.05, 0) is 68.8 Å². The predicted molar refractivity (Wildman–Crippen MR) is 156 cm³/mol. The van der Waals surface area contributed by atoms with Gasteiger partial charge in [-0.15, -0.1) is 0 Å². The molecule has 0 aliphatic carbocycles. The maximum absolute atomic E-state index is 13.7. The van der Waals surface area contributed by atoms with Crippen LogP contribution in [0, 0.1) is 12.7 Å². The number of aromatic nitrogens is 2. The van der Waals surface area contributed by atoms with Crippen LogP contribution in [-0.4, -0.2) is 47.2 Å². The molecule has 0 saturated heterocycles. The third kappa shape index (κ3) is 5.01.